The first-order chi connectivity index (χ1) is 11.7. The standard InChI is InChI=1S/C17H22ClN3OS2/c18-15-7-6-14(24-15)17-20-12(10-23-17)8-16(22)21-13(9-19)11-4-2-1-3-5-11/h6-7,10-11,13H,1-5,8-9,19H2,(H,21,22). The van der Waals surface area contributed by atoms with Crippen LogP contribution in [0.1, 0.15) is 37.8 Å². The molecule has 3 rings (SSSR count). The van der Waals surface area contributed by atoms with Gasteiger partial charge in [0.15, 0.2) is 0 Å². The Morgan fingerprint density at radius 1 is 1.38 bits per heavy atom. The van der Waals surface area contributed by atoms with Crippen LogP contribution in [0.25, 0.3) is 9.88 Å². The molecule has 1 unspecified atom stereocenters. The summed E-state index contributed by atoms with van der Waals surface area (Å²) in [6.45, 7) is 0.506. The van der Waals surface area contributed by atoms with Crippen LogP contribution in [0.5, 0.6) is 0 Å². The topological polar surface area (TPSA) is 68.0 Å². The highest BCUT2D eigenvalue weighted by atomic mass is 35.5. The molecule has 2 aromatic heterocycles. The molecular formula is C17H22ClN3OS2. The number of halogens is 1. The van der Waals surface area contributed by atoms with Gasteiger partial charge in [-0.15, -0.1) is 22.7 Å². The molecule has 0 spiro atoms. The van der Waals surface area contributed by atoms with Crippen molar-refractivity contribution in [1.29, 1.82) is 0 Å². The molecule has 1 aliphatic carbocycles. The SMILES string of the molecule is NCC(NC(=O)Cc1csc(-c2ccc(Cl)s2)n1)C1CCCCC1. The Hall–Kier alpha value is -0.950. The van der Waals surface area contributed by atoms with Gasteiger partial charge in [-0.3, -0.25) is 4.79 Å². The van der Waals surface area contributed by atoms with Crippen LogP contribution < -0.4 is 11.1 Å². The van der Waals surface area contributed by atoms with E-state index in [-0.39, 0.29) is 11.9 Å². The molecule has 0 saturated heterocycles. The summed E-state index contributed by atoms with van der Waals surface area (Å²) in [5.74, 6) is 0.532. The Balaban J connectivity index is 1.57. The molecule has 4 nitrogen and oxygen atoms in total. The lowest BCUT2D eigenvalue weighted by atomic mass is 9.84. The Labute approximate surface area is 155 Å². The van der Waals surface area contributed by atoms with Crippen LogP contribution in [0.3, 0.4) is 0 Å². The third-order valence-corrected chi connectivity index (χ3v) is 6.79. The summed E-state index contributed by atoms with van der Waals surface area (Å²) in [6.07, 6.45) is 6.44. The molecule has 1 aliphatic rings. The fourth-order valence-electron chi connectivity index (χ4n) is 3.26. The number of hydrogen-bond donors (Lipinski definition) is 2. The summed E-state index contributed by atoms with van der Waals surface area (Å²) in [4.78, 5) is 18.0. The van der Waals surface area contributed by atoms with Gasteiger partial charge in [0, 0.05) is 18.0 Å². The van der Waals surface area contributed by atoms with Gasteiger partial charge in [0.2, 0.25) is 5.91 Å². The van der Waals surface area contributed by atoms with Gasteiger partial charge in [-0.25, -0.2) is 4.98 Å². The predicted octanol–water partition coefficient (Wildman–Crippen LogP) is 4.09. The van der Waals surface area contributed by atoms with Crippen LogP contribution in [-0.4, -0.2) is 23.5 Å². The van der Waals surface area contributed by atoms with Gasteiger partial charge in [-0.2, -0.15) is 0 Å². The zero-order chi connectivity index (χ0) is 16.9. The molecule has 1 fully saturated rings. The highest BCUT2D eigenvalue weighted by Gasteiger charge is 2.24. The van der Waals surface area contributed by atoms with Gasteiger partial charge in [0.05, 0.1) is 21.3 Å². The average Bonchev–Trinajstić information content (AvgIpc) is 3.22. The van der Waals surface area contributed by atoms with Crippen molar-refractivity contribution in [2.45, 2.75) is 44.6 Å². The minimum Gasteiger partial charge on any atom is -0.351 e. The van der Waals surface area contributed by atoms with Crippen LogP contribution in [0.4, 0.5) is 0 Å². The van der Waals surface area contributed by atoms with Crippen molar-refractivity contribution in [3.8, 4) is 9.88 Å². The average molecular weight is 384 g/mol. The first-order valence-corrected chi connectivity index (χ1v) is 10.4. The maximum atomic E-state index is 12.4. The van der Waals surface area contributed by atoms with Gasteiger partial charge >= 0.3 is 0 Å². The third kappa shape index (κ3) is 4.57. The van der Waals surface area contributed by atoms with Crippen molar-refractivity contribution >= 4 is 40.2 Å². The van der Waals surface area contributed by atoms with E-state index in [0.29, 0.717) is 18.9 Å². The van der Waals surface area contributed by atoms with E-state index in [1.54, 1.807) is 11.3 Å². The van der Waals surface area contributed by atoms with Gasteiger partial charge in [-0.05, 0) is 30.9 Å². The Bertz CT molecular complexity index is 679. The van der Waals surface area contributed by atoms with E-state index >= 15 is 0 Å². The first-order valence-electron chi connectivity index (χ1n) is 8.35. The second kappa shape index (κ2) is 8.43. The number of thiazole rings is 1. The summed E-state index contributed by atoms with van der Waals surface area (Å²) in [5, 5.41) is 5.98. The van der Waals surface area contributed by atoms with E-state index in [9.17, 15) is 4.79 Å². The second-order valence-electron chi connectivity index (χ2n) is 6.23. The molecule has 7 heteroatoms. The van der Waals surface area contributed by atoms with Gasteiger partial charge < -0.3 is 11.1 Å². The van der Waals surface area contributed by atoms with E-state index < -0.39 is 0 Å². The van der Waals surface area contributed by atoms with Crippen molar-refractivity contribution in [2.75, 3.05) is 6.54 Å². The molecule has 24 heavy (non-hydrogen) atoms. The Kier molecular flexibility index (Phi) is 6.27. The number of hydrogen-bond acceptors (Lipinski definition) is 5. The minimum absolute atomic E-state index is 0.0112. The van der Waals surface area contributed by atoms with Crippen molar-refractivity contribution in [1.82, 2.24) is 10.3 Å². The smallest absolute Gasteiger partial charge is 0.226 e. The van der Waals surface area contributed by atoms with Crippen LogP contribution in [0.2, 0.25) is 4.34 Å². The number of nitrogens with zero attached hydrogens (tertiary/aromatic N) is 1. The molecule has 1 amide bonds. The number of carbonyl (C=O) groups is 1. The van der Waals surface area contributed by atoms with Crippen LogP contribution in [0.15, 0.2) is 17.5 Å². The van der Waals surface area contributed by atoms with Gasteiger partial charge in [0.25, 0.3) is 0 Å². The van der Waals surface area contributed by atoms with Crippen molar-refractivity contribution in [3.63, 3.8) is 0 Å². The number of aromatic nitrogens is 1. The summed E-state index contributed by atoms with van der Waals surface area (Å²) in [5.41, 5.74) is 6.69. The van der Waals surface area contributed by atoms with Crippen LogP contribution in [-0.2, 0) is 11.2 Å². The van der Waals surface area contributed by atoms with Crippen LogP contribution in [0, 0.1) is 5.92 Å². The number of rotatable bonds is 6. The maximum Gasteiger partial charge on any atom is 0.226 e. The number of nitrogens with one attached hydrogen (secondary N) is 1. The molecule has 2 aromatic rings. The molecule has 1 atom stereocenters. The minimum atomic E-state index is 0.0112. The molecule has 0 bridgehead atoms. The molecule has 0 aromatic carbocycles. The highest BCUT2D eigenvalue weighted by molar-refractivity contribution is 7.23. The Morgan fingerprint density at radius 2 is 2.17 bits per heavy atom. The van der Waals surface area contributed by atoms with Gasteiger partial charge in [-0.1, -0.05) is 30.9 Å². The molecule has 130 valence electrons. The molecule has 0 radical (unpaired) electrons. The fraction of sp³-hybridized carbons (Fsp3) is 0.529. The van der Waals surface area contributed by atoms with E-state index in [0.717, 1.165) is 19.9 Å². The number of nitrogens with two attached hydrogens (primary N) is 1. The van der Waals surface area contributed by atoms with Crippen molar-refractivity contribution < 1.29 is 4.79 Å². The first kappa shape index (κ1) is 17.9. The third-order valence-electron chi connectivity index (χ3n) is 4.50. The normalized spacial score (nSPS) is 16.9. The lowest BCUT2D eigenvalue weighted by molar-refractivity contribution is -0.121. The lowest BCUT2D eigenvalue weighted by Gasteiger charge is -2.30. The predicted molar refractivity (Wildman–Crippen MR) is 102 cm³/mol. The van der Waals surface area contributed by atoms with E-state index in [1.165, 1.54) is 43.4 Å². The lowest BCUT2D eigenvalue weighted by Crippen LogP contribution is -2.46. The number of carbonyl (C=O) groups excluding carboxylic acids is 1. The number of amides is 1. The van der Waals surface area contributed by atoms with Crippen LogP contribution >= 0.6 is 34.3 Å². The zero-order valence-corrected chi connectivity index (χ0v) is 15.9. The van der Waals surface area contributed by atoms with E-state index in [1.807, 2.05) is 17.5 Å². The zero-order valence-electron chi connectivity index (χ0n) is 13.5. The molecule has 1 saturated carbocycles. The Morgan fingerprint density at radius 3 is 2.83 bits per heavy atom. The molecule has 0 aliphatic heterocycles. The summed E-state index contributed by atoms with van der Waals surface area (Å²) < 4.78 is 0.748. The molecular weight excluding hydrogens is 362 g/mol. The van der Waals surface area contributed by atoms with Crippen molar-refractivity contribution in [2.24, 2.45) is 11.7 Å². The van der Waals surface area contributed by atoms with Crippen molar-refractivity contribution in [3.05, 3.63) is 27.5 Å². The second-order valence-corrected chi connectivity index (χ2v) is 8.81. The largest absolute Gasteiger partial charge is 0.351 e. The summed E-state index contributed by atoms with van der Waals surface area (Å²) in [7, 11) is 0. The maximum absolute atomic E-state index is 12.4. The molecule has 2 heterocycles. The highest BCUT2D eigenvalue weighted by Crippen LogP contribution is 2.33. The van der Waals surface area contributed by atoms with E-state index in [4.69, 9.17) is 17.3 Å². The van der Waals surface area contributed by atoms with E-state index in [2.05, 4.69) is 10.3 Å². The monoisotopic (exact) mass is 383 g/mol. The quantitative estimate of drug-likeness (QED) is 0.789. The summed E-state index contributed by atoms with van der Waals surface area (Å²) in [6, 6.07) is 3.92. The van der Waals surface area contributed by atoms with Gasteiger partial charge in [0.1, 0.15) is 5.01 Å². The molecule has 3 N–H and O–H groups in total. The fourth-order valence-corrected chi connectivity index (χ4v) is 5.19. The number of thiophene rings is 1. The summed E-state index contributed by atoms with van der Waals surface area (Å²) >= 11 is 9.02.